The van der Waals surface area contributed by atoms with Gasteiger partial charge in [-0.3, -0.25) is 9.59 Å². The monoisotopic (exact) mass is 513 g/mol. The minimum atomic E-state index is -0.660. The number of ether oxygens (including phenoxy) is 3. The Bertz CT molecular complexity index is 1330. The number of benzene rings is 2. The van der Waals surface area contributed by atoms with Gasteiger partial charge in [0.15, 0.2) is 16.9 Å². The number of carbonyl (C=O) groups is 1. The Morgan fingerprint density at radius 1 is 1.08 bits per heavy atom. The minimum absolute atomic E-state index is 0.0468. The van der Waals surface area contributed by atoms with Crippen LogP contribution in [0.25, 0.3) is 11.0 Å². The van der Waals surface area contributed by atoms with Crippen LogP contribution in [0.5, 0.6) is 11.5 Å². The maximum Gasteiger partial charge on any atom is 0.290 e. The van der Waals surface area contributed by atoms with Crippen LogP contribution < -0.4 is 14.9 Å². The summed E-state index contributed by atoms with van der Waals surface area (Å²) in [4.78, 5) is 28.8. The number of hydrogen-bond acceptors (Lipinski definition) is 6. The molecule has 1 amide bonds. The number of rotatable bonds is 10. The van der Waals surface area contributed by atoms with E-state index in [0.29, 0.717) is 58.8 Å². The van der Waals surface area contributed by atoms with Gasteiger partial charge in [-0.05, 0) is 61.6 Å². The summed E-state index contributed by atoms with van der Waals surface area (Å²) in [7, 11) is 1.57. The molecule has 0 spiro atoms. The van der Waals surface area contributed by atoms with Gasteiger partial charge < -0.3 is 23.5 Å². The van der Waals surface area contributed by atoms with Gasteiger partial charge in [-0.15, -0.1) is 0 Å². The molecular weight excluding hydrogens is 482 g/mol. The molecule has 8 heteroatoms. The summed E-state index contributed by atoms with van der Waals surface area (Å²) in [6, 6.07) is 8.18. The zero-order valence-corrected chi connectivity index (χ0v) is 22.1. The highest BCUT2D eigenvalue weighted by Crippen LogP contribution is 2.41. The summed E-state index contributed by atoms with van der Waals surface area (Å²) in [5.41, 5.74) is 1.84. The van der Waals surface area contributed by atoms with Gasteiger partial charge >= 0.3 is 0 Å². The third-order valence-corrected chi connectivity index (χ3v) is 6.73. The first-order chi connectivity index (χ1) is 17.3. The number of hydrogen-bond donors (Lipinski definition) is 0. The molecule has 0 saturated heterocycles. The molecule has 192 valence electrons. The van der Waals surface area contributed by atoms with Crippen LogP contribution in [-0.2, 0) is 4.74 Å². The summed E-state index contributed by atoms with van der Waals surface area (Å²) in [6.45, 7) is 9.62. The minimum Gasteiger partial charge on any atom is -0.490 e. The van der Waals surface area contributed by atoms with E-state index < -0.39 is 6.04 Å². The van der Waals surface area contributed by atoms with E-state index in [1.807, 2.05) is 32.0 Å². The van der Waals surface area contributed by atoms with Gasteiger partial charge in [-0.1, -0.05) is 31.5 Å². The first-order valence-corrected chi connectivity index (χ1v) is 12.6. The highest BCUT2D eigenvalue weighted by Gasteiger charge is 2.42. The van der Waals surface area contributed by atoms with Gasteiger partial charge in [-0.2, -0.15) is 0 Å². The third kappa shape index (κ3) is 4.95. The second-order valence-corrected chi connectivity index (χ2v) is 9.74. The fourth-order valence-electron chi connectivity index (χ4n) is 4.39. The lowest BCUT2D eigenvalue weighted by Gasteiger charge is -2.25. The van der Waals surface area contributed by atoms with Crippen LogP contribution in [0.15, 0.2) is 39.5 Å². The molecule has 1 aromatic heterocycles. The second kappa shape index (κ2) is 10.9. The van der Waals surface area contributed by atoms with Gasteiger partial charge in [0.25, 0.3) is 5.91 Å². The number of halogens is 1. The summed E-state index contributed by atoms with van der Waals surface area (Å²) >= 11 is 6.32. The van der Waals surface area contributed by atoms with Crippen molar-refractivity contribution in [1.82, 2.24) is 4.90 Å². The van der Waals surface area contributed by atoms with E-state index in [0.717, 1.165) is 17.5 Å². The predicted octanol–water partition coefficient (Wildman–Crippen LogP) is 5.77. The Kier molecular flexibility index (Phi) is 7.91. The van der Waals surface area contributed by atoms with Gasteiger partial charge in [-0.25, -0.2) is 0 Å². The number of carbonyl (C=O) groups excluding carboxylic acids is 1. The van der Waals surface area contributed by atoms with Gasteiger partial charge in [0.2, 0.25) is 5.76 Å². The van der Waals surface area contributed by atoms with Crippen LogP contribution in [0, 0.1) is 12.8 Å². The van der Waals surface area contributed by atoms with Crippen molar-refractivity contribution in [3.05, 3.63) is 68.0 Å². The van der Waals surface area contributed by atoms with Crippen molar-refractivity contribution >= 4 is 28.5 Å². The van der Waals surface area contributed by atoms with Gasteiger partial charge in [0.1, 0.15) is 5.58 Å². The average Bonchev–Trinajstić information content (AvgIpc) is 3.11. The summed E-state index contributed by atoms with van der Waals surface area (Å²) in [5, 5.41) is 0.808. The number of methoxy groups -OCH3 is 1. The van der Waals surface area contributed by atoms with Gasteiger partial charge in [0, 0.05) is 18.7 Å². The molecule has 36 heavy (non-hydrogen) atoms. The molecule has 1 unspecified atom stereocenters. The van der Waals surface area contributed by atoms with Crippen molar-refractivity contribution in [2.75, 3.05) is 33.5 Å². The van der Waals surface area contributed by atoms with Crippen LogP contribution in [0.2, 0.25) is 5.02 Å². The lowest BCUT2D eigenvalue weighted by atomic mass is 9.97. The Hall–Kier alpha value is -3.03. The molecular formula is C28H32ClNO6. The molecule has 0 bridgehead atoms. The van der Waals surface area contributed by atoms with Crippen LogP contribution in [0.1, 0.15) is 60.5 Å². The fourth-order valence-corrected chi connectivity index (χ4v) is 4.56. The standard InChI is InChI=1S/C28H32ClNO6/c1-6-34-23-14-18(7-8-21(23)35-11-9-16(2)3)25-24-26(31)19-15-20(29)17(4)13-22(19)36-27(24)28(32)30(25)10-12-33-5/h7-8,13-16,25H,6,9-12H2,1-5H3. The average molecular weight is 514 g/mol. The first kappa shape index (κ1) is 26.0. The molecule has 4 rings (SSSR count). The van der Waals surface area contributed by atoms with E-state index in [1.54, 1.807) is 24.1 Å². The van der Waals surface area contributed by atoms with Gasteiger partial charge in [0.05, 0.1) is 36.8 Å². The Labute approximate surface area is 215 Å². The van der Waals surface area contributed by atoms with Crippen molar-refractivity contribution in [3.63, 3.8) is 0 Å². The van der Waals surface area contributed by atoms with Crippen molar-refractivity contribution in [2.24, 2.45) is 5.92 Å². The van der Waals surface area contributed by atoms with Crippen molar-refractivity contribution in [3.8, 4) is 11.5 Å². The molecule has 0 N–H and O–H groups in total. The number of nitrogens with zero attached hydrogens (tertiary/aromatic N) is 1. The van der Waals surface area contributed by atoms with Crippen molar-refractivity contribution in [2.45, 2.75) is 40.2 Å². The fraction of sp³-hybridized carbons (Fsp3) is 0.429. The predicted molar refractivity (Wildman–Crippen MR) is 140 cm³/mol. The number of fused-ring (bicyclic) bond motifs is 2. The molecule has 0 fully saturated rings. The maximum atomic E-state index is 13.7. The molecule has 2 heterocycles. The highest BCUT2D eigenvalue weighted by atomic mass is 35.5. The Morgan fingerprint density at radius 3 is 2.56 bits per heavy atom. The van der Waals surface area contributed by atoms with E-state index in [1.165, 1.54) is 0 Å². The second-order valence-electron chi connectivity index (χ2n) is 9.34. The van der Waals surface area contributed by atoms with E-state index in [-0.39, 0.29) is 23.6 Å². The quantitative estimate of drug-likeness (QED) is 0.342. The van der Waals surface area contributed by atoms with Crippen molar-refractivity contribution < 1.29 is 23.4 Å². The Morgan fingerprint density at radius 2 is 1.86 bits per heavy atom. The molecule has 1 aliphatic heterocycles. The molecule has 0 radical (unpaired) electrons. The number of amides is 1. The molecule has 0 saturated carbocycles. The van der Waals surface area contributed by atoms with Crippen LogP contribution in [-0.4, -0.2) is 44.3 Å². The molecule has 2 aromatic carbocycles. The largest absolute Gasteiger partial charge is 0.490 e. The lowest BCUT2D eigenvalue weighted by Crippen LogP contribution is -2.32. The van der Waals surface area contributed by atoms with E-state index in [4.69, 9.17) is 30.2 Å². The van der Waals surface area contributed by atoms with E-state index in [9.17, 15) is 9.59 Å². The van der Waals surface area contributed by atoms with E-state index >= 15 is 0 Å². The SMILES string of the molecule is CCOc1cc(C2c3c(oc4cc(C)c(Cl)cc4c3=O)C(=O)N2CCOC)ccc1OCCC(C)C. The van der Waals surface area contributed by atoms with Crippen LogP contribution in [0.4, 0.5) is 0 Å². The highest BCUT2D eigenvalue weighted by molar-refractivity contribution is 6.32. The van der Waals surface area contributed by atoms with Crippen LogP contribution in [0.3, 0.4) is 0 Å². The molecule has 7 nitrogen and oxygen atoms in total. The molecule has 0 aliphatic carbocycles. The topological polar surface area (TPSA) is 78.2 Å². The maximum absolute atomic E-state index is 13.7. The van der Waals surface area contributed by atoms with E-state index in [2.05, 4.69) is 13.8 Å². The normalized spacial score (nSPS) is 15.1. The van der Waals surface area contributed by atoms with Crippen LogP contribution >= 0.6 is 11.6 Å². The molecule has 3 aromatic rings. The number of aryl methyl sites for hydroxylation is 1. The smallest absolute Gasteiger partial charge is 0.290 e. The molecule has 1 aliphatic rings. The lowest BCUT2D eigenvalue weighted by molar-refractivity contribution is 0.0663. The summed E-state index contributed by atoms with van der Waals surface area (Å²) < 4.78 is 23.1. The first-order valence-electron chi connectivity index (χ1n) is 12.2. The Balaban J connectivity index is 1.85. The third-order valence-electron chi connectivity index (χ3n) is 6.32. The zero-order valence-electron chi connectivity index (χ0n) is 21.4. The zero-order chi connectivity index (χ0) is 26.0. The summed E-state index contributed by atoms with van der Waals surface area (Å²) in [5.74, 6) is 1.40. The molecule has 1 atom stereocenters. The van der Waals surface area contributed by atoms with Crippen molar-refractivity contribution in [1.29, 1.82) is 0 Å². The summed E-state index contributed by atoms with van der Waals surface area (Å²) in [6.07, 6.45) is 0.915.